The van der Waals surface area contributed by atoms with Crippen LogP contribution in [0.3, 0.4) is 0 Å². The summed E-state index contributed by atoms with van der Waals surface area (Å²) in [7, 11) is -2.90. The number of pyridine rings is 1. The third kappa shape index (κ3) is 3.52. The Kier molecular flexibility index (Phi) is 4.01. The number of sulfone groups is 1. The normalized spacial score (nSPS) is 19.4. The highest BCUT2D eigenvalue weighted by atomic mass is 79.9. The van der Waals surface area contributed by atoms with Gasteiger partial charge in [-0.15, -0.1) is 0 Å². The minimum Gasteiger partial charge on any atom is -0.348 e. The fourth-order valence-corrected chi connectivity index (χ4v) is 3.66. The zero-order chi connectivity index (χ0) is 13.2. The average molecular weight is 333 g/mol. The number of carbonyl (C=O) groups is 1. The van der Waals surface area contributed by atoms with Crippen LogP contribution in [-0.2, 0) is 9.84 Å². The molecule has 0 aromatic carbocycles. The first-order valence-electron chi connectivity index (χ1n) is 5.60. The van der Waals surface area contributed by atoms with Crippen LogP contribution in [0, 0.1) is 0 Å². The van der Waals surface area contributed by atoms with E-state index in [1.807, 2.05) is 0 Å². The van der Waals surface area contributed by atoms with Crippen LogP contribution in [0.4, 0.5) is 0 Å². The Bertz CT molecular complexity index is 545. The Morgan fingerprint density at radius 1 is 1.33 bits per heavy atom. The molecule has 0 atom stereocenters. The van der Waals surface area contributed by atoms with Crippen molar-refractivity contribution in [2.24, 2.45) is 0 Å². The molecule has 0 aliphatic carbocycles. The van der Waals surface area contributed by atoms with Gasteiger partial charge in [0.05, 0.1) is 11.5 Å². The topological polar surface area (TPSA) is 76.1 Å². The van der Waals surface area contributed by atoms with Gasteiger partial charge in [0.1, 0.15) is 20.1 Å². The van der Waals surface area contributed by atoms with Crippen molar-refractivity contribution in [2.45, 2.75) is 18.9 Å². The lowest BCUT2D eigenvalue weighted by atomic mass is 10.1. The van der Waals surface area contributed by atoms with Gasteiger partial charge in [-0.05, 0) is 40.9 Å². The Morgan fingerprint density at radius 2 is 2.00 bits per heavy atom. The monoisotopic (exact) mass is 332 g/mol. The molecule has 0 bridgehead atoms. The molecule has 98 valence electrons. The minimum absolute atomic E-state index is 0.0817. The lowest BCUT2D eigenvalue weighted by Gasteiger charge is -2.22. The highest BCUT2D eigenvalue weighted by Crippen LogP contribution is 2.13. The van der Waals surface area contributed by atoms with Crippen LogP contribution in [0.25, 0.3) is 0 Å². The molecule has 1 aromatic rings. The summed E-state index contributed by atoms with van der Waals surface area (Å²) >= 11 is 3.20. The van der Waals surface area contributed by atoms with Crippen molar-refractivity contribution in [3.63, 3.8) is 0 Å². The summed E-state index contributed by atoms with van der Waals surface area (Å²) in [6.07, 6.45) is 0.949. The van der Waals surface area contributed by atoms with Crippen molar-refractivity contribution in [1.29, 1.82) is 0 Å². The molecule has 2 heterocycles. The molecule has 18 heavy (non-hydrogen) atoms. The molecule has 1 fully saturated rings. The van der Waals surface area contributed by atoms with Gasteiger partial charge in [0.2, 0.25) is 0 Å². The summed E-state index contributed by atoms with van der Waals surface area (Å²) in [4.78, 5) is 15.9. The lowest BCUT2D eigenvalue weighted by Crippen LogP contribution is -2.41. The molecule has 2 rings (SSSR count). The highest BCUT2D eigenvalue weighted by Gasteiger charge is 2.25. The largest absolute Gasteiger partial charge is 0.348 e. The van der Waals surface area contributed by atoms with Gasteiger partial charge in [0, 0.05) is 6.04 Å². The van der Waals surface area contributed by atoms with E-state index in [4.69, 9.17) is 0 Å². The summed E-state index contributed by atoms with van der Waals surface area (Å²) in [6.45, 7) is 0. The van der Waals surface area contributed by atoms with Gasteiger partial charge in [0.15, 0.2) is 0 Å². The Morgan fingerprint density at radius 3 is 2.61 bits per heavy atom. The van der Waals surface area contributed by atoms with Crippen LogP contribution in [0.2, 0.25) is 0 Å². The van der Waals surface area contributed by atoms with Crippen molar-refractivity contribution in [3.8, 4) is 0 Å². The number of hydrogen-bond acceptors (Lipinski definition) is 4. The van der Waals surface area contributed by atoms with Gasteiger partial charge >= 0.3 is 0 Å². The predicted molar refractivity (Wildman–Crippen MR) is 71.1 cm³/mol. The lowest BCUT2D eigenvalue weighted by molar-refractivity contribution is 0.0929. The highest BCUT2D eigenvalue weighted by molar-refractivity contribution is 9.10. The third-order valence-corrected chi connectivity index (χ3v) is 4.99. The van der Waals surface area contributed by atoms with Crippen molar-refractivity contribution < 1.29 is 13.2 Å². The number of hydrogen-bond donors (Lipinski definition) is 1. The molecule has 5 nitrogen and oxygen atoms in total. The summed E-state index contributed by atoms with van der Waals surface area (Å²) in [5, 5.41) is 2.81. The molecule has 0 unspecified atom stereocenters. The van der Waals surface area contributed by atoms with Crippen molar-refractivity contribution in [3.05, 3.63) is 28.5 Å². The molecular weight excluding hydrogens is 320 g/mol. The first kappa shape index (κ1) is 13.5. The van der Waals surface area contributed by atoms with Crippen LogP contribution < -0.4 is 5.32 Å². The Hall–Kier alpha value is -0.950. The standard InChI is InChI=1S/C11H13BrN2O3S/c12-10-3-1-2-9(14-10)11(15)13-8-4-6-18(16,17)7-5-8/h1-3,8H,4-7H2,(H,13,15). The molecule has 0 saturated carbocycles. The van der Waals surface area contributed by atoms with Gasteiger partial charge in [0.25, 0.3) is 5.91 Å². The van der Waals surface area contributed by atoms with Crippen LogP contribution in [0.5, 0.6) is 0 Å². The van der Waals surface area contributed by atoms with Crippen LogP contribution in [-0.4, -0.2) is 36.9 Å². The number of rotatable bonds is 2. The second-order valence-corrected chi connectivity index (χ2v) is 7.36. The van der Waals surface area contributed by atoms with E-state index in [1.54, 1.807) is 18.2 Å². The molecule has 1 amide bonds. The van der Waals surface area contributed by atoms with Gasteiger partial charge in [-0.3, -0.25) is 4.79 Å². The van der Waals surface area contributed by atoms with E-state index in [-0.39, 0.29) is 23.5 Å². The number of halogens is 1. The summed E-state index contributed by atoms with van der Waals surface area (Å²) in [6, 6.07) is 5.02. The Balaban J connectivity index is 1.97. The van der Waals surface area contributed by atoms with Gasteiger partial charge in [-0.2, -0.15) is 0 Å². The quantitative estimate of drug-likeness (QED) is 0.824. The third-order valence-electron chi connectivity index (χ3n) is 2.84. The van der Waals surface area contributed by atoms with E-state index in [1.165, 1.54) is 0 Å². The molecule has 7 heteroatoms. The molecule has 1 aliphatic heterocycles. The predicted octanol–water partition coefficient (Wildman–Crippen LogP) is 1.15. The summed E-state index contributed by atoms with van der Waals surface area (Å²) < 4.78 is 23.1. The number of aromatic nitrogens is 1. The van der Waals surface area contributed by atoms with Gasteiger partial charge in [-0.1, -0.05) is 6.07 Å². The maximum atomic E-state index is 11.9. The smallest absolute Gasteiger partial charge is 0.270 e. The molecular formula is C11H13BrN2O3S. The average Bonchev–Trinajstić information content (AvgIpc) is 2.32. The van der Waals surface area contributed by atoms with E-state index in [0.29, 0.717) is 23.1 Å². The van der Waals surface area contributed by atoms with Crippen molar-refractivity contribution in [1.82, 2.24) is 10.3 Å². The Labute approximate surface area is 114 Å². The number of nitrogens with one attached hydrogen (secondary N) is 1. The second kappa shape index (κ2) is 5.36. The maximum absolute atomic E-state index is 11.9. The second-order valence-electron chi connectivity index (χ2n) is 4.25. The summed E-state index contributed by atoms with van der Waals surface area (Å²) in [5.74, 6) is 0.0221. The van der Waals surface area contributed by atoms with Crippen LogP contribution in [0.1, 0.15) is 23.3 Å². The van der Waals surface area contributed by atoms with E-state index >= 15 is 0 Å². The fourth-order valence-electron chi connectivity index (χ4n) is 1.83. The molecule has 0 spiro atoms. The summed E-state index contributed by atoms with van der Waals surface area (Å²) in [5.41, 5.74) is 0.331. The molecule has 1 N–H and O–H groups in total. The zero-order valence-electron chi connectivity index (χ0n) is 9.60. The van der Waals surface area contributed by atoms with Crippen LogP contribution in [0.15, 0.2) is 22.8 Å². The van der Waals surface area contributed by atoms with E-state index < -0.39 is 9.84 Å². The van der Waals surface area contributed by atoms with E-state index in [2.05, 4.69) is 26.2 Å². The van der Waals surface area contributed by atoms with Gasteiger partial charge in [-0.25, -0.2) is 13.4 Å². The van der Waals surface area contributed by atoms with E-state index in [9.17, 15) is 13.2 Å². The first-order valence-corrected chi connectivity index (χ1v) is 8.21. The maximum Gasteiger partial charge on any atom is 0.270 e. The zero-order valence-corrected chi connectivity index (χ0v) is 12.0. The number of nitrogens with zero attached hydrogens (tertiary/aromatic N) is 1. The number of amides is 1. The minimum atomic E-state index is -2.90. The van der Waals surface area contributed by atoms with Crippen molar-refractivity contribution in [2.75, 3.05) is 11.5 Å². The number of carbonyl (C=O) groups excluding carboxylic acids is 1. The van der Waals surface area contributed by atoms with Crippen molar-refractivity contribution >= 4 is 31.7 Å². The van der Waals surface area contributed by atoms with Crippen LogP contribution >= 0.6 is 15.9 Å². The SMILES string of the molecule is O=C(NC1CCS(=O)(=O)CC1)c1cccc(Br)n1. The molecule has 0 radical (unpaired) electrons. The molecule has 1 saturated heterocycles. The van der Waals surface area contributed by atoms with Gasteiger partial charge < -0.3 is 5.32 Å². The first-order chi connectivity index (χ1) is 8.46. The molecule has 1 aliphatic rings. The molecule has 1 aromatic heterocycles. The fraction of sp³-hybridized carbons (Fsp3) is 0.455. The van der Waals surface area contributed by atoms with E-state index in [0.717, 1.165) is 0 Å².